The molecule has 1 N–H and O–H groups in total. The number of aldehydes is 1. The molecule has 0 atom stereocenters. The minimum absolute atomic E-state index is 0.349. The average molecular weight is 376 g/mol. The van der Waals surface area contributed by atoms with E-state index in [0.29, 0.717) is 28.3 Å². The van der Waals surface area contributed by atoms with Crippen LogP contribution in [0.15, 0.2) is 36.4 Å². The molecule has 0 bridgehead atoms. The zero-order chi connectivity index (χ0) is 19.1. The fourth-order valence-corrected chi connectivity index (χ4v) is 2.59. The molecule has 136 valence electrons. The highest BCUT2D eigenvalue weighted by Crippen LogP contribution is 2.27. The van der Waals surface area contributed by atoms with Crippen LogP contribution in [0.4, 0.5) is 5.69 Å². The first kappa shape index (κ1) is 19.5. The van der Waals surface area contributed by atoms with Crippen LogP contribution < -0.4 is 10.1 Å². The van der Waals surface area contributed by atoms with E-state index in [-0.39, 0.29) is 6.61 Å². The van der Waals surface area contributed by atoms with Gasteiger partial charge < -0.3 is 14.8 Å². The number of hydrogen-bond acceptors (Lipinski definition) is 5. The van der Waals surface area contributed by atoms with Gasteiger partial charge >= 0.3 is 5.97 Å². The number of carbonyl (C=O) groups is 3. The van der Waals surface area contributed by atoms with Crippen molar-refractivity contribution in [1.29, 1.82) is 0 Å². The van der Waals surface area contributed by atoms with Gasteiger partial charge in [0.1, 0.15) is 12.0 Å². The Morgan fingerprint density at radius 1 is 1.12 bits per heavy atom. The molecule has 0 aromatic heterocycles. The number of nitrogens with one attached hydrogen (secondary N) is 1. The molecule has 0 aliphatic carbocycles. The van der Waals surface area contributed by atoms with Crippen molar-refractivity contribution >= 4 is 35.5 Å². The van der Waals surface area contributed by atoms with Gasteiger partial charge in [-0.25, -0.2) is 4.79 Å². The summed E-state index contributed by atoms with van der Waals surface area (Å²) in [5, 5.41) is 3.05. The highest BCUT2D eigenvalue weighted by molar-refractivity contribution is 6.34. The van der Waals surface area contributed by atoms with Gasteiger partial charge in [-0.3, -0.25) is 9.59 Å². The van der Waals surface area contributed by atoms with Gasteiger partial charge in [0.05, 0.1) is 10.7 Å². The number of carbonyl (C=O) groups excluding carboxylic acids is 3. The quantitative estimate of drug-likeness (QED) is 0.593. The highest BCUT2D eigenvalue weighted by Gasteiger charge is 2.12. The van der Waals surface area contributed by atoms with Crippen LogP contribution in [-0.4, -0.2) is 31.4 Å². The van der Waals surface area contributed by atoms with E-state index >= 15 is 0 Å². The molecule has 0 saturated carbocycles. The second-order valence-electron chi connectivity index (χ2n) is 5.62. The summed E-state index contributed by atoms with van der Waals surface area (Å²) in [4.78, 5) is 34.2. The smallest absolute Gasteiger partial charge is 0.344 e. The Labute approximate surface area is 156 Å². The minimum Gasteiger partial charge on any atom is -0.482 e. The molecule has 0 fully saturated rings. The van der Waals surface area contributed by atoms with Gasteiger partial charge in [-0.2, -0.15) is 0 Å². The third-order valence-corrected chi connectivity index (χ3v) is 3.73. The topological polar surface area (TPSA) is 81.7 Å². The van der Waals surface area contributed by atoms with Crippen molar-refractivity contribution in [1.82, 2.24) is 0 Å². The normalized spacial score (nSPS) is 10.1. The van der Waals surface area contributed by atoms with Crippen molar-refractivity contribution in [2.45, 2.75) is 13.8 Å². The minimum atomic E-state index is -0.689. The number of benzene rings is 2. The number of halogens is 1. The zero-order valence-electron chi connectivity index (χ0n) is 14.4. The van der Waals surface area contributed by atoms with Crippen LogP contribution in [0.25, 0.3) is 0 Å². The number of amides is 1. The summed E-state index contributed by atoms with van der Waals surface area (Å²) in [5.41, 5.74) is 2.79. The lowest BCUT2D eigenvalue weighted by molar-refractivity contribution is -0.149. The summed E-state index contributed by atoms with van der Waals surface area (Å²) < 4.78 is 10.1. The monoisotopic (exact) mass is 375 g/mol. The number of esters is 1. The summed E-state index contributed by atoms with van der Waals surface area (Å²) in [6, 6.07) is 9.87. The Morgan fingerprint density at radius 3 is 2.42 bits per heavy atom. The van der Waals surface area contributed by atoms with Crippen molar-refractivity contribution < 1.29 is 23.9 Å². The Kier molecular flexibility index (Phi) is 6.74. The SMILES string of the molecule is Cc1cc(C)c(NC(=O)COC(=O)COc2ccc(C=O)cc2)c(Cl)c1. The number of rotatable bonds is 7. The van der Waals surface area contributed by atoms with Gasteiger partial charge in [-0.15, -0.1) is 0 Å². The van der Waals surface area contributed by atoms with Gasteiger partial charge in [0, 0.05) is 5.56 Å². The van der Waals surface area contributed by atoms with Crippen LogP contribution in [-0.2, 0) is 14.3 Å². The van der Waals surface area contributed by atoms with Crippen molar-refractivity contribution in [3.63, 3.8) is 0 Å². The fraction of sp³-hybridized carbons (Fsp3) is 0.211. The van der Waals surface area contributed by atoms with Crippen LogP contribution >= 0.6 is 11.6 Å². The third-order valence-electron chi connectivity index (χ3n) is 3.43. The highest BCUT2D eigenvalue weighted by atomic mass is 35.5. The lowest BCUT2D eigenvalue weighted by Gasteiger charge is -2.12. The van der Waals surface area contributed by atoms with Gasteiger partial charge in [0.25, 0.3) is 5.91 Å². The maximum Gasteiger partial charge on any atom is 0.344 e. The molecular formula is C19H18ClNO5. The zero-order valence-corrected chi connectivity index (χ0v) is 15.1. The molecule has 0 spiro atoms. The Balaban J connectivity index is 1.79. The van der Waals surface area contributed by atoms with E-state index in [1.54, 1.807) is 30.3 Å². The van der Waals surface area contributed by atoms with Gasteiger partial charge in [0.15, 0.2) is 13.2 Å². The Bertz CT molecular complexity index is 794. The van der Waals surface area contributed by atoms with Crippen LogP contribution in [0.3, 0.4) is 0 Å². The van der Waals surface area contributed by atoms with Crippen LogP contribution in [0.5, 0.6) is 5.75 Å². The molecule has 0 aliphatic heterocycles. The summed E-state index contributed by atoms with van der Waals surface area (Å²) in [6.45, 7) is 2.93. The lowest BCUT2D eigenvalue weighted by Crippen LogP contribution is -2.24. The molecular weight excluding hydrogens is 358 g/mol. The first-order valence-electron chi connectivity index (χ1n) is 7.79. The molecule has 0 heterocycles. The van der Waals surface area contributed by atoms with Crippen molar-refractivity contribution in [3.05, 3.63) is 58.1 Å². The number of anilines is 1. The van der Waals surface area contributed by atoms with Gasteiger partial charge in [0.2, 0.25) is 0 Å². The lowest BCUT2D eigenvalue weighted by atomic mass is 10.1. The predicted octanol–water partition coefficient (Wildman–Crippen LogP) is 3.33. The number of ether oxygens (including phenoxy) is 2. The molecule has 0 unspecified atom stereocenters. The number of hydrogen-bond donors (Lipinski definition) is 1. The van der Waals surface area contributed by atoms with Crippen molar-refractivity contribution in [3.8, 4) is 5.75 Å². The molecule has 26 heavy (non-hydrogen) atoms. The second-order valence-corrected chi connectivity index (χ2v) is 6.03. The molecule has 2 aromatic rings. The second kappa shape index (κ2) is 9.01. The van der Waals surface area contributed by atoms with Gasteiger partial charge in [-0.05, 0) is 55.3 Å². The maximum absolute atomic E-state index is 11.9. The van der Waals surface area contributed by atoms with E-state index in [4.69, 9.17) is 21.1 Å². The van der Waals surface area contributed by atoms with Crippen molar-refractivity contribution in [2.75, 3.05) is 18.5 Å². The standard InChI is InChI=1S/C19H18ClNO5/c1-12-7-13(2)19(16(20)8-12)21-17(23)10-26-18(24)11-25-15-5-3-14(9-22)4-6-15/h3-9H,10-11H2,1-2H3,(H,21,23). The Hall–Kier alpha value is -2.86. The Morgan fingerprint density at radius 2 is 1.81 bits per heavy atom. The molecule has 2 rings (SSSR count). The molecule has 0 radical (unpaired) electrons. The van der Waals surface area contributed by atoms with E-state index in [1.165, 1.54) is 0 Å². The van der Waals surface area contributed by atoms with Crippen LogP contribution in [0, 0.1) is 13.8 Å². The van der Waals surface area contributed by atoms with E-state index in [9.17, 15) is 14.4 Å². The molecule has 0 saturated heterocycles. The molecule has 6 nitrogen and oxygen atoms in total. The van der Waals surface area contributed by atoms with Crippen LogP contribution in [0.1, 0.15) is 21.5 Å². The summed E-state index contributed by atoms with van der Waals surface area (Å²) in [7, 11) is 0. The van der Waals surface area contributed by atoms with Gasteiger partial charge in [-0.1, -0.05) is 17.7 Å². The molecule has 2 aromatic carbocycles. The summed E-state index contributed by atoms with van der Waals surface area (Å²) >= 11 is 6.12. The number of aryl methyl sites for hydroxylation is 2. The maximum atomic E-state index is 11.9. The van der Waals surface area contributed by atoms with Crippen molar-refractivity contribution in [2.24, 2.45) is 0 Å². The summed E-state index contributed by atoms with van der Waals surface area (Å²) in [5.74, 6) is -0.770. The average Bonchev–Trinajstić information content (AvgIpc) is 2.61. The molecule has 0 aliphatic rings. The molecule has 7 heteroatoms. The third kappa shape index (κ3) is 5.60. The van der Waals surface area contributed by atoms with Crippen LogP contribution in [0.2, 0.25) is 5.02 Å². The molecule has 1 amide bonds. The first-order chi connectivity index (χ1) is 12.4. The summed E-state index contributed by atoms with van der Waals surface area (Å²) in [6.07, 6.45) is 0.707. The largest absolute Gasteiger partial charge is 0.482 e. The van der Waals surface area contributed by atoms with E-state index in [0.717, 1.165) is 11.1 Å². The van der Waals surface area contributed by atoms with E-state index < -0.39 is 18.5 Å². The van der Waals surface area contributed by atoms with E-state index in [2.05, 4.69) is 5.32 Å². The fourth-order valence-electron chi connectivity index (χ4n) is 2.22. The predicted molar refractivity (Wildman–Crippen MR) is 97.8 cm³/mol. The van der Waals surface area contributed by atoms with E-state index in [1.807, 2.05) is 19.9 Å². The first-order valence-corrected chi connectivity index (χ1v) is 8.17.